The van der Waals surface area contributed by atoms with Gasteiger partial charge in [-0.25, -0.2) is 0 Å². The van der Waals surface area contributed by atoms with E-state index in [0.29, 0.717) is 0 Å². The van der Waals surface area contributed by atoms with Gasteiger partial charge in [0.1, 0.15) is 0 Å². The number of carbonyl (C=O) groups excluding carboxylic acids is 1. The van der Waals surface area contributed by atoms with Crippen LogP contribution in [0.3, 0.4) is 0 Å². The molecule has 2 nitrogen and oxygen atoms in total. The van der Waals surface area contributed by atoms with E-state index in [-0.39, 0.29) is 5.91 Å². The van der Waals surface area contributed by atoms with Crippen LogP contribution in [0.15, 0.2) is 38.6 Å². The highest BCUT2D eigenvalue weighted by Gasteiger charge is 2.15. The van der Waals surface area contributed by atoms with Crippen molar-refractivity contribution in [2.45, 2.75) is 6.92 Å². The number of nitrogens with zero attached hydrogens (tertiary/aromatic N) is 1. The smallest absolute Gasteiger partial charge is 0.268 e. The molecule has 1 amide bonds. The van der Waals surface area contributed by atoms with E-state index in [1.54, 1.807) is 11.9 Å². The van der Waals surface area contributed by atoms with Crippen molar-refractivity contribution in [1.29, 1.82) is 0 Å². The van der Waals surface area contributed by atoms with Gasteiger partial charge in [0.15, 0.2) is 0 Å². The third kappa shape index (κ3) is 2.84. The first-order valence-corrected chi connectivity index (χ1v) is 7.69. The summed E-state index contributed by atoms with van der Waals surface area (Å²) in [6.45, 7) is 2.01. The molecule has 0 N–H and O–H groups in total. The van der Waals surface area contributed by atoms with Crippen LogP contribution in [-0.4, -0.2) is 13.0 Å². The van der Waals surface area contributed by atoms with Gasteiger partial charge in [0.2, 0.25) is 0 Å². The molecule has 1 heterocycles. The van der Waals surface area contributed by atoms with Crippen molar-refractivity contribution in [2.24, 2.45) is 0 Å². The molecule has 1 aromatic carbocycles. The van der Waals surface area contributed by atoms with Crippen molar-refractivity contribution in [3.63, 3.8) is 0 Å². The maximum absolute atomic E-state index is 12.3. The van der Waals surface area contributed by atoms with Gasteiger partial charge in [-0.3, -0.25) is 4.79 Å². The van der Waals surface area contributed by atoms with E-state index in [1.165, 1.54) is 11.3 Å². The van der Waals surface area contributed by atoms with Crippen molar-refractivity contribution >= 4 is 54.8 Å². The van der Waals surface area contributed by atoms with Gasteiger partial charge in [-0.2, -0.15) is 0 Å². The minimum atomic E-state index is 0.00687. The molecule has 0 aliphatic carbocycles. The number of thiophene rings is 1. The zero-order chi connectivity index (χ0) is 13.3. The molecule has 0 aliphatic heterocycles. The molecular formula is C13H11Br2NOS. The van der Waals surface area contributed by atoms with E-state index in [2.05, 4.69) is 31.9 Å². The molecule has 0 saturated carbocycles. The third-order valence-corrected chi connectivity index (χ3v) is 5.12. The number of hydrogen-bond donors (Lipinski definition) is 0. The highest BCUT2D eigenvalue weighted by atomic mass is 79.9. The molecule has 0 unspecified atom stereocenters. The second kappa shape index (κ2) is 5.55. The second-order valence-electron chi connectivity index (χ2n) is 3.90. The summed E-state index contributed by atoms with van der Waals surface area (Å²) in [5.41, 5.74) is 2.00. The van der Waals surface area contributed by atoms with Gasteiger partial charge in [0.05, 0.1) is 8.66 Å². The lowest BCUT2D eigenvalue weighted by molar-refractivity contribution is 0.0997. The molecule has 0 radical (unpaired) electrons. The first kappa shape index (κ1) is 13.8. The molecule has 94 valence electrons. The quantitative estimate of drug-likeness (QED) is 0.719. The average Bonchev–Trinajstić information content (AvgIpc) is 2.77. The van der Waals surface area contributed by atoms with E-state index >= 15 is 0 Å². The molecule has 0 bridgehead atoms. The third-order valence-electron chi connectivity index (χ3n) is 2.62. The molecule has 2 rings (SSSR count). The average molecular weight is 389 g/mol. The zero-order valence-corrected chi connectivity index (χ0v) is 13.9. The molecule has 0 aliphatic rings. The SMILES string of the molecule is Cc1cc(N(C)C(=O)c2ccc(Br)s2)ccc1Br. The molecule has 0 atom stereocenters. The minimum absolute atomic E-state index is 0.00687. The van der Waals surface area contributed by atoms with Crippen molar-refractivity contribution in [2.75, 3.05) is 11.9 Å². The molecule has 18 heavy (non-hydrogen) atoms. The summed E-state index contributed by atoms with van der Waals surface area (Å²) in [5, 5.41) is 0. The van der Waals surface area contributed by atoms with Crippen LogP contribution in [0.2, 0.25) is 0 Å². The Kier molecular flexibility index (Phi) is 4.25. The molecular weight excluding hydrogens is 378 g/mol. The fourth-order valence-corrected chi connectivity index (χ4v) is 3.16. The first-order chi connectivity index (χ1) is 8.49. The molecule has 0 saturated heterocycles. The maximum Gasteiger partial charge on any atom is 0.268 e. The predicted octanol–water partition coefficient (Wildman–Crippen LogP) is 4.86. The standard InChI is InChI=1S/C13H11Br2NOS/c1-8-7-9(3-4-10(8)14)16(2)13(17)11-5-6-12(15)18-11/h3-7H,1-2H3. The lowest BCUT2D eigenvalue weighted by atomic mass is 10.2. The number of aryl methyl sites for hydroxylation is 1. The summed E-state index contributed by atoms with van der Waals surface area (Å²) >= 11 is 8.27. The Morgan fingerprint density at radius 2 is 1.94 bits per heavy atom. The first-order valence-electron chi connectivity index (χ1n) is 5.28. The highest BCUT2D eigenvalue weighted by Crippen LogP contribution is 2.26. The minimum Gasteiger partial charge on any atom is -0.311 e. The molecule has 1 aromatic heterocycles. The number of halogens is 2. The second-order valence-corrected chi connectivity index (χ2v) is 7.22. The molecule has 0 spiro atoms. The van der Waals surface area contributed by atoms with Crippen LogP contribution in [0, 0.1) is 6.92 Å². The van der Waals surface area contributed by atoms with Gasteiger partial charge in [-0.05, 0) is 58.7 Å². The number of amides is 1. The summed E-state index contributed by atoms with van der Waals surface area (Å²) in [4.78, 5) is 14.6. The molecule has 2 aromatic rings. The Labute approximate surface area is 127 Å². The van der Waals surface area contributed by atoms with E-state index in [9.17, 15) is 4.79 Å². The summed E-state index contributed by atoms with van der Waals surface area (Å²) in [7, 11) is 1.79. The normalized spacial score (nSPS) is 10.4. The Morgan fingerprint density at radius 3 is 2.50 bits per heavy atom. The lowest BCUT2D eigenvalue weighted by Gasteiger charge is -2.17. The van der Waals surface area contributed by atoms with E-state index in [4.69, 9.17) is 0 Å². The Morgan fingerprint density at radius 1 is 1.22 bits per heavy atom. The van der Waals surface area contributed by atoms with Crippen LogP contribution < -0.4 is 4.90 Å². The Bertz CT molecular complexity index is 594. The highest BCUT2D eigenvalue weighted by molar-refractivity contribution is 9.11. The zero-order valence-electron chi connectivity index (χ0n) is 9.91. The number of hydrogen-bond acceptors (Lipinski definition) is 2. The number of benzene rings is 1. The predicted molar refractivity (Wildman–Crippen MR) is 83.6 cm³/mol. The van der Waals surface area contributed by atoms with Crippen molar-refractivity contribution < 1.29 is 4.79 Å². The van der Waals surface area contributed by atoms with Crippen LogP contribution in [0.1, 0.15) is 15.2 Å². The van der Waals surface area contributed by atoms with Crippen LogP contribution >= 0.6 is 43.2 Å². The van der Waals surface area contributed by atoms with Crippen LogP contribution in [0.25, 0.3) is 0 Å². The van der Waals surface area contributed by atoms with Gasteiger partial charge in [-0.1, -0.05) is 15.9 Å². The summed E-state index contributed by atoms with van der Waals surface area (Å²) < 4.78 is 2.01. The van der Waals surface area contributed by atoms with Crippen LogP contribution in [0.5, 0.6) is 0 Å². The lowest BCUT2D eigenvalue weighted by Crippen LogP contribution is -2.25. The molecule has 0 fully saturated rings. The van der Waals surface area contributed by atoms with Crippen LogP contribution in [0.4, 0.5) is 5.69 Å². The number of anilines is 1. The number of carbonyl (C=O) groups is 1. The van der Waals surface area contributed by atoms with E-state index in [0.717, 1.165) is 24.4 Å². The van der Waals surface area contributed by atoms with Crippen LogP contribution in [-0.2, 0) is 0 Å². The van der Waals surface area contributed by atoms with Gasteiger partial charge >= 0.3 is 0 Å². The summed E-state index contributed by atoms with van der Waals surface area (Å²) in [5.74, 6) is 0.00687. The largest absolute Gasteiger partial charge is 0.311 e. The van der Waals surface area contributed by atoms with Gasteiger partial charge in [-0.15, -0.1) is 11.3 Å². The van der Waals surface area contributed by atoms with Gasteiger partial charge in [0, 0.05) is 17.2 Å². The monoisotopic (exact) mass is 387 g/mol. The summed E-state index contributed by atoms with van der Waals surface area (Å²) in [6.07, 6.45) is 0. The van der Waals surface area contributed by atoms with Crippen molar-refractivity contribution in [1.82, 2.24) is 0 Å². The summed E-state index contributed by atoms with van der Waals surface area (Å²) in [6, 6.07) is 9.60. The van der Waals surface area contributed by atoms with Gasteiger partial charge < -0.3 is 4.90 Å². The van der Waals surface area contributed by atoms with E-state index < -0.39 is 0 Å². The van der Waals surface area contributed by atoms with Gasteiger partial charge in [0.25, 0.3) is 5.91 Å². The topological polar surface area (TPSA) is 20.3 Å². The van der Waals surface area contributed by atoms with Crippen molar-refractivity contribution in [3.05, 3.63) is 49.0 Å². The number of rotatable bonds is 2. The van der Waals surface area contributed by atoms with E-state index in [1.807, 2.05) is 37.3 Å². The van der Waals surface area contributed by atoms with Crippen molar-refractivity contribution in [3.8, 4) is 0 Å². The Hall–Kier alpha value is -0.650. The molecule has 5 heteroatoms. The Balaban J connectivity index is 2.28. The fraction of sp³-hybridized carbons (Fsp3) is 0.154. The maximum atomic E-state index is 12.3. The fourth-order valence-electron chi connectivity index (χ4n) is 1.55.